The lowest BCUT2D eigenvalue weighted by Gasteiger charge is -2.06. The minimum absolute atomic E-state index is 0.164. The van der Waals surface area contributed by atoms with E-state index in [1.807, 2.05) is 42.5 Å². The second-order valence-electron chi connectivity index (χ2n) is 5.67. The first kappa shape index (κ1) is 17.2. The first-order valence-corrected chi connectivity index (χ1v) is 8.10. The summed E-state index contributed by atoms with van der Waals surface area (Å²) in [5.74, 6) is -0.198. The summed E-state index contributed by atoms with van der Waals surface area (Å²) < 4.78 is 5.19. The number of nitrogens with two attached hydrogens (primary N) is 1. The average molecular weight is 346 g/mol. The van der Waals surface area contributed by atoms with Crippen molar-refractivity contribution in [2.75, 3.05) is 11.9 Å². The van der Waals surface area contributed by atoms with Gasteiger partial charge < -0.3 is 15.8 Å². The third kappa shape index (κ3) is 4.48. The van der Waals surface area contributed by atoms with Crippen molar-refractivity contribution in [2.45, 2.75) is 0 Å². The molecular weight excluding hydrogens is 328 g/mol. The molecule has 130 valence electrons. The second-order valence-corrected chi connectivity index (χ2v) is 5.67. The van der Waals surface area contributed by atoms with Crippen molar-refractivity contribution < 1.29 is 14.3 Å². The van der Waals surface area contributed by atoms with Gasteiger partial charge in [0.15, 0.2) is 6.61 Å². The molecule has 2 amide bonds. The quantitative estimate of drug-likeness (QED) is 0.672. The molecule has 0 heterocycles. The lowest BCUT2D eigenvalue weighted by atomic mass is 10.1. The van der Waals surface area contributed by atoms with Crippen molar-refractivity contribution in [1.29, 1.82) is 0 Å². The smallest absolute Gasteiger partial charge is 0.255 e. The average Bonchev–Trinajstić information content (AvgIpc) is 2.66. The molecule has 0 radical (unpaired) electrons. The van der Waals surface area contributed by atoms with Crippen molar-refractivity contribution in [3.63, 3.8) is 0 Å². The molecule has 0 aromatic heterocycles. The van der Waals surface area contributed by atoms with E-state index in [0.717, 1.165) is 22.0 Å². The standard InChI is InChI=1S/C21H18N2O3/c22-20(24)14-26-17-11-8-15(9-12-17)10-13-21(25)23-19-7-3-5-16-4-1-2-6-18(16)19/h1-13H,14H2,(H2,22,24)(H,23,25)/b13-10+. The van der Waals surface area contributed by atoms with Crippen LogP contribution < -0.4 is 15.8 Å². The molecule has 5 nitrogen and oxygen atoms in total. The molecule has 0 aliphatic rings. The Kier molecular flexibility index (Phi) is 5.29. The Bertz CT molecular complexity index is 957. The van der Waals surface area contributed by atoms with Crippen LogP contribution in [-0.2, 0) is 9.59 Å². The van der Waals surface area contributed by atoms with E-state index in [4.69, 9.17) is 10.5 Å². The van der Waals surface area contributed by atoms with Crippen molar-refractivity contribution in [3.05, 3.63) is 78.4 Å². The van der Waals surface area contributed by atoms with Gasteiger partial charge in [0, 0.05) is 17.1 Å². The molecule has 3 rings (SSSR count). The number of ether oxygens (including phenoxy) is 1. The highest BCUT2D eigenvalue weighted by Gasteiger charge is 2.03. The first-order valence-electron chi connectivity index (χ1n) is 8.10. The predicted molar refractivity (Wildman–Crippen MR) is 103 cm³/mol. The van der Waals surface area contributed by atoms with E-state index in [9.17, 15) is 9.59 Å². The van der Waals surface area contributed by atoms with Gasteiger partial charge in [-0.25, -0.2) is 0 Å². The van der Waals surface area contributed by atoms with Crippen molar-refractivity contribution in [2.24, 2.45) is 5.73 Å². The topological polar surface area (TPSA) is 81.4 Å². The van der Waals surface area contributed by atoms with E-state index in [1.54, 1.807) is 30.3 Å². The Balaban J connectivity index is 1.65. The van der Waals surface area contributed by atoms with Gasteiger partial charge in [-0.15, -0.1) is 0 Å². The summed E-state index contributed by atoms with van der Waals surface area (Å²) in [5, 5.41) is 4.96. The third-order valence-electron chi connectivity index (χ3n) is 3.74. The highest BCUT2D eigenvalue weighted by molar-refractivity contribution is 6.07. The molecular formula is C21H18N2O3. The Morgan fingerprint density at radius 3 is 2.46 bits per heavy atom. The Labute approximate surface area is 151 Å². The maximum absolute atomic E-state index is 12.2. The van der Waals surface area contributed by atoms with Gasteiger partial charge in [0.1, 0.15) is 5.75 Å². The largest absolute Gasteiger partial charge is 0.484 e. The summed E-state index contributed by atoms with van der Waals surface area (Å²) in [6, 6.07) is 20.7. The zero-order chi connectivity index (χ0) is 18.4. The summed E-state index contributed by atoms with van der Waals surface area (Å²) >= 11 is 0. The molecule has 0 aliphatic carbocycles. The van der Waals surface area contributed by atoms with Crippen LogP contribution in [0.2, 0.25) is 0 Å². The van der Waals surface area contributed by atoms with Crippen LogP contribution in [-0.4, -0.2) is 18.4 Å². The molecule has 0 unspecified atom stereocenters. The molecule has 26 heavy (non-hydrogen) atoms. The van der Waals surface area contributed by atoms with Gasteiger partial charge in [-0.05, 0) is 35.2 Å². The van der Waals surface area contributed by atoms with Gasteiger partial charge in [0.05, 0.1) is 0 Å². The van der Waals surface area contributed by atoms with E-state index < -0.39 is 5.91 Å². The highest BCUT2D eigenvalue weighted by atomic mass is 16.5. The predicted octanol–water partition coefficient (Wildman–Crippen LogP) is 3.36. The normalized spacial score (nSPS) is 10.8. The number of anilines is 1. The van der Waals surface area contributed by atoms with Crippen LogP contribution in [0.1, 0.15) is 5.56 Å². The maximum Gasteiger partial charge on any atom is 0.255 e. The van der Waals surface area contributed by atoms with Crippen molar-refractivity contribution >= 4 is 34.4 Å². The van der Waals surface area contributed by atoms with Crippen LogP contribution in [0.5, 0.6) is 5.75 Å². The van der Waals surface area contributed by atoms with Crippen LogP contribution in [0.3, 0.4) is 0 Å². The number of benzene rings is 3. The highest BCUT2D eigenvalue weighted by Crippen LogP contribution is 2.23. The summed E-state index contributed by atoms with van der Waals surface area (Å²) in [5.41, 5.74) is 6.64. The van der Waals surface area contributed by atoms with E-state index in [0.29, 0.717) is 5.75 Å². The number of carbonyl (C=O) groups excluding carboxylic acids is 2. The SMILES string of the molecule is NC(=O)COc1ccc(/C=C/C(=O)Nc2cccc3ccccc23)cc1. The number of rotatable bonds is 6. The van der Waals surface area contributed by atoms with Crippen molar-refractivity contribution in [3.8, 4) is 5.75 Å². The molecule has 0 fully saturated rings. The fraction of sp³-hybridized carbons (Fsp3) is 0.0476. The molecule has 0 atom stereocenters. The van der Waals surface area contributed by atoms with Crippen LogP contribution >= 0.6 is 0 Å². The van der Waals surface area contributed by atoms with E-state index in [1.165, 1.54) is 6.08 Å². The lowest BCUT2D eigenvalue weighted by Crippen LogP contribution is -2.19. The number of fused-ring (bicyclic) bond motifs is 1. The molecule has 0 spiro atoms. The Morgan fingerprint density at radius 1 is 0.962 bits per heavy atom. The summed E-state index contributed by atoms with van der Waals surface area (Å²) in [7, 11) is 0. The fourth-order valence-corrected chi connectivity index (χ4v) is 2.51. The van der Waals surface area contributed by atoms with Crippen LogP contribution in [0.25, 0.3) is 16.8 Å². The van der Waals surface area contributed by atoms with E-state index in [-0.39, 0.29) is 12.5 Å². The van der Waals surface area contributed by atoms with Gasteiger partial charge in [-0.1, -0.05) is 48.5 Å². The Morgan fingerprint density at radius 2 is 1.69 bits per heavy atom. The number of primary amides is 1. The van der Waals surface area contributed by atoms with E-state index in [2.05, 4.69) is 5.32 Å². The fourth-order valence-electron chi connectivity index (χ4n) is 2.51. The third-order valence-corrected chi connectivity index (χ3v) is 3.74. The molecule has 3 N–H and O–H groups in total. The van der Waals surface area contributed by atoms with Gasteiger partial charge in [-0.3, -0.25) is 9.59 Å². The summed E-state index contributed by atoms with van der Waals surface area (Å²) in [4.78, 5) is 22.9. The summed E-state index contributed by atoms with van der Waals surface area (Å²) in [6.45, 7) is -0.164. The Hall–Kier alpha value is -3.60. The molecule has 5 heteroatoms. The monoisotopic (exact) mass is 346 g/mol. The van der Waals surface area contributed by atoms with Crippen LogP contribution in [0.15, 0.2) is 72.8 Å². The molecule has 3 aromatic carbocycles. The van der Waals surface area contributed by atoms with Gasteiger partial charge in [0.25, 0.3) is 5.91 Å². The molecule has 0 bridgehead atoms. The number of amides is 2. The minimum atomic E-state index is -0.529. The van der Waals surface area contributed by atoms with E-state index >= 15 is 0 Å². The zero-order valence-corrected chi connectivity index (χ0v) is 14.0. The maximum atomic E-state index is 12.2. The summed E-state index contributed by atoms with van der Waals surface area (Å²) in [6.07, 6.45) is 3.18. The van der Waals surface area contributed by atoms with Gasteiger partial charge >= 0.3 is 0 Å². The van der Waals surface area contributed by atoms with Crippen molar-refractivity contribution in [1.82, 2.24) is 0 Å². The van der Waals surface area contributed by atoms with Gasteiger partial charge in [0.2, 0.25) is 5.91 Å². The zero-order valence-electron chi connectivity index (χ0n) is 14.0. The number of nitrogens with one attached hydrogen (secondary N) is 1. The first-order chi connectivity index (χ1) is 12.6. The minimum Gasteiger partial charge on any atom is -0.484 e. The lowest BCUT2D eigenvalue weighted by molar-refractivity contribution is -0.120. The van der Waals surface area contributed by atoms with Gasteiger partial charge in [-0.2, -0.15) is 0 Å². The van der Waals surface area contributed by atoms with Crippen LogP contribution in [0.4, 0.5) is 5.69 Å². The number of hydrogen-bond donors (Lipinski definition) is 2. The molecule has 3 aromatic rings. The number of carbonyl (C=O) groups is 2. The van der Waals surface area contributed by atoms with Crippen LogP contribution in [0, 0.1) is 0 Å². The molecule has 0 saturated carbocycles. The second kappa shape index (κ2) is 7.98. The number of hydrogen-bond acceptors (Lipinski definition) is 3. The molecule has 0 saturated heterocycles. The molecule has 0 aliphatic heterocycles.